The van der Waals surface area contributed by atoms with Gasteiger partial charge in [-0.1, -0.05) is 11.6 Å². The molecule has 0 radical (unpaired) electrons. The van der Waals surface area contributed by atoms with Crippen LogP contribution in [0.25, 0.3) is 0 Å². The third-order valence-corrected chi connectivity index (χ3v) is 3.17. The topological polar surface area (TPSA) is 77.2 Å². The van der Waals surface area contributed by atoms with E-state index in [1.54, 1.807) is 0 Å². The fourth-order valence-electron chi connectivity index (χ4n) is 0.845. The van der Waals surface area contributed by atoms with Crippen molar-refractivity contribution in [2.24, 2.45) is 5.73 Å². The Labute approximate surface area is 90.0 Å². The summed E-state index contributed by atoms with van der Waals surface area (Å²) in [6, 6.07) is 3.47. The summed E-state index contributed by atoms with van der Waals surface area (Å²) in [5, 5.41) is 0.0848. The standard InChI is InChI=1S/C7H5Cl2NO3S/c8-6-2-1-4(14(9,12)13)3-5(6)7(10)11/h1-3H,(H2,10,11). The number of halogens is 2. The summed E-state index contributed by atoms with van der Waals surface area (Å²) in [6.45, 7) is 0. The SMILES string of the molecule is NC(=O)c1cc(S(=O)(=O)Cl)ccc1Cl. The van der Waals surface area contributed by atoms with Crippen molar-refractivity contribution in [1.29, 1.82) is 0 Å². The van der Waals surface area contributed by atoms with E-state index in [9.17, 15) is 13.2 Å². The smallest absolute Gasteiger partial charge is 0.261 e. The van der Waals surface area contributed by atoms with Crippen molar-refractivity contribution in [2.75, 3.05) is 0 Å². The highest BCUT2D eigenvalue weighted by molar-refractivity contribution is 8.13. The summed E-state index contributed by atoms with van der Waals surface area (Å²) in [5.74, 6) is -0.808. The zero-order valence-corrected chi connectivity index (χ0v) is 9.03. The lowest BCUT2D eigenvalue weighted by Crippen LogP contribution is -2.12. The van der Waals surface area contributed by atoms with Gasteiger partial charge in [-0.3, -0.25) is 4.79 Å². The maximum atomic E-state index is 10.9. The minimum atomic E-state index is -3.87. The zero-order valence-electron chi connectivity index (χ0n) is 6.70. The Bertz CT molecular complexity index is 484. The molecule has 0 fully saturated rings. The minimum absolute atomic E-state index is 0.0756. The van der Waals surface area contributed by atoms with Crippen LogP contribution in [0.15, 0.2) is 23.1 Å². The molecule has 14 heavy (non-hydrogen) atoms. The number of hydrogen-bond donors (Lipinski definition) is 1. The highest BCUT2D eigenvalue weighted by atomic mass is 35.7. The maximum absolute atomic E-state index is 10.9. The van der Waals surface area contributed by atoms with E-state index in [4.69, 9.17) is 28.0 Å². The van der Waals surface area contributed by atoms with Crippen LogP contribution in [-0.2, 0) is 9.05 Å². The number of hydrogen-bond acceptors (Lipinski definition) is 3. The Kier molecular flexibility index (Phi) is 3.04. The summed E-state index contributed by atoms with van der Waals surface area (Å²) < 4.78 is 21.8. The predicted octanol–water partition coefficient (Wildman–Crippen LogP) is 1.37. The normalized spacial score (nSPS) is 11.3. The van der Waals surface area contributed by atoms with Gasteiger partial charge in [-0.2, -0.15) is 0 Å². The lowest BCUT2D eigenvalue weighted by molar-refractivity contribution is 0.1000. The van der Waals surface area contributed by atoms with E-state index in [2.05, 4.69) is 0 Å². The van der Waals surface area contributed by atoms with Crippen LogP contribution in [0.3, 0.4) is 0 Å². The van der Waals surface area contributed by atoms with Gasteiger partial charge >= 0.3 is 0 Å². The van der Waals surface area contributed by atoms with Gasteiger partial charge in [0, 0.05) is 10.7 Å². The summed E-state index contributed by atoms with van der Waals surface area (Å²) >= 11 is 5.60. The number of rotatable bonds is 2. The summed E-state index contributed by atoms with van der Waals surface area (Å²) in [7, 11) is 1.19. The first-order valence-electron chi connectivity index (χ1n) is 3.36. The molecule has 0 aliphatic carbocycles. The van der Waals surface area contributed by atoms with Crippen LogP contribution < -0.4 is 5.73 Å². The Morgan fingerprint density at radius 1 is 1.36 bits per heavy atom. The van der Waals surface area contributed by atoms with E-state index >= 15 is 0 Å². The maximum Gasteiger partial charge on any atom is 0.261 e. The van der Waals surface area contributed by atoms with E-state index in [0.29, 0.717) is 0 Å². The molecule has 7 heteroatoms. The minimum Gasteiger partial charge on any atom is -0.366 e. The fraction of sp³-hybridized carbons (Fsp3) is 0. The van der Waals surface area contributed by atoms with Gasteiger partial charge < -0.3 is 5.73 Å². The van der Waals surface area contributed by atoms with Crippen molar-refractivity contribution in [1.82, 2.24) is 0 Å². The van der Waals surface area contributed by atoms with Crippen molar-refractivity contribution in [3.05, 3.63) is 28.8 Å². The van der Waals surface area contributed by atoms with Crippen LogP contribution in [0.5, 0.6) is 0 Å². The van der Waals surface area contributed by atoms with Gasteiger partial charge in [0.2, 0.25) is 5.91 Å². The van der Waals surface area contributed by atoms with Crippen LogP contribution >= 0.6 is 22.3 Å². The van der Waals surface area contributed by atoms with Gasteiger partial charge in [0.1, 0.15) is 0 Å². The Hall–Kier alpha value is -0.780. The molecule has 0 aliphatic heterocycles. The van der Waals surface area contributed by atoms with Crippen molar-refractivity contribution in [3.8, 4) is 0 Å². The second-order valence-corrected chi connectivity index (χ2v) is 5.42. The zero-order chi connectivity index (χ0) is 10.9. The molecule has 0 bridgehead atoms. The number of carbonyl (C=O) groups is 1. The van der Waals surface area contributed by atoms with E-state index in [-0.39, 0.29) is 15.5 Å². The molecule has 1 amide bonds. The Balaban J connectivity index is 3.42. The highest BCUT2D eigenvalue weighted by Gasteiger charge is 2.14. The van der Waals surface area contributed by atoms with Gasteiger partial charge in [0.25, 0.3) is 9.05 Å². The van der Waals surface area contributed by atoms with Crippen LogP contribution in [0, 0.1) is 0 Å². The molecule has 76 valence electrons. The molecule has 1 aromatic carbocycles. The lowest BCUT2D eigenvalue weighted by atomic mass is 10.2. The fourth-order valence-corrected chi connectivity index (χ4v) is 1.83. The van der Waals surface area contributed by atoms with E-state index in [1.807, 2.05) is 0 Å². The van der Waals surface area contributed by atoms with Crippen molar-refractivity contribution < 1.29 is 13.2 Å². The quantitative estimate of drug-likeness (QED) is 0.809. The lowest BCUT2D eigenvalue weighted by Gasteiger charge is -2.01. The first-order chi connectivity index (χ1) is 6.32. The molecule has 0 unspecified atom stereocenters. The number of benzene rings is 1. The van der Waals surface area contributed by atoms with E-state index in [1.165, 1.54) is 12.1 Å². The number of carbonyl (C=O) groups excluding carboxylic acids is 1. The average Bonchev–Trinajstić information content (AvgIpc) is 2.02. The molecule has 4 nitrogen and oxygen atoms in total. The molecule has 2 N–H and O–H groups in total. The van der Waals surface area contributed by atoms with Crippen LogP contribution in [0.2, 0.25) is 5.02 Å². The highest BCUT2D eigenvalue weighted by Crippen LogP contribution is 2.22. The molecule has 1 rings (SSSR count). The molecule has 0 heterocycles. The molecule has 0 spiro atoms. The average molecular weight is 254 g/mol. The van der Waals surface area contributed by atoms with E-state index < -0.39 is 15.0 Å². The Morgan fingerprint density at radius 3 is 2.36 bits per heavy atom. The molecular formula is C7H5Cl2NO3S. The van der Waals surface area contributed by atoms with E-state index in [0.717, 1.165) is 6.07 Å². The number of primary amides is 1. The van der Waals surface area contributed by atoms with Gasteiger partial charge in [-0.25, -0.2) is 8.42 Å². The summed E-state index contributed by atoms with van der Waals surface area (Å²) in [4.78, 5) is 10.6. The molecule has 0 saturated heterocycles. The third-order valence-electron chi connectivity index (χ3n) is 1.48. The predicted molar refractivity (Wildman–Crippen MR) is 53.0 cm³/mol. The van der Waals surface area contributed by atoms with Gasteiger partial charge in [0.15, 0.2) is 0 Å². The summed E-state index contributed by atoms with van der Waals surface area (Å²) in [6.07, 6.45) is 0. The second kappa shape index (κ2) is 3.76. The van der Waals surface area contributed by atoms with Gasteiger partial charge in [-0.05, 0) is 18.2 Å². The first-order valence-corrected chi connectivity index (χ1v) is 6.05. The first kappa shape index (κ1) is 11.3. The van der Waals surface area contributed by atoms with Crippen molar-refractivity contribution in [2.45, 2.75) is 4.90 Å². The number of nitrogens with two attached hydrogens (primary N) is 1. The van der Waals surface area contributed by atoms with Crippen molar-refractivity contribution in [3.63, 3.8) is 0 Å². The van der Waals surface area contributed by atoms with Crippen LogP contribution in [0.1, 0.15) is 10.4 Å². The monoisotopic (exact) mass is 253 g/mol. The second-order valence-electron chi connectivity index (χ2n) is 2.44. The van der Waals surface area contributed by atoms with Gasteiger partial charge in [-0.15, -0.1) is 0 Å². The molecule has 1 aromatic rings. The van der Waals surface area contributed by atoms with Gasteiger partial charge in [0.05, 0.1) is 15.5 Å². The number of amides is 1. The largest absolute Gasteiger partial charge is 0.366 e. The Morgan fingerprint density at radius 2 is 1.93 bits per heavy atom. The molecule has 0 aliphatic rings. The molecule has 0 aromatic heterocycles. The summed E-state index contributed by atoms with van der Waals surface area (Å²) in [5.41, 5.74) is 4.89. The third kappa shape index (κ3) is 2.37. The molecular weight excluding hydrogens is 249 g/mol. The molecule has 0 saturated carbocycles. The van der Waals surface area contributed by atoms with Crippen LogP contribution in [0.4, 0.5) is 0 Å². The van der Waals surface area contributed by atoms with Crippen molar-refractivity contribution >= 4 is 37.2 Å². The van der Waals surface area contributed by atoms with Crippen LogP contribution in [-0.4, -0.2) is 14.3 Å². The molecule has 0 atom stereocenters.